The van der Waals surface area contributed by atoms with E-state index in [2.05, 4.69) is 36.3 Å². The SMILES string of the molecule is CCN(C)CCNCc1ccc(-c2ccc([N+](=O)[O-])cc2)s1. The summed E-state index contributed by atoms with van der Waals surface area (Å²) < 4.78 is 0. The van der Waals surface area contributed by atoms with E-state index < -0.39 is 0 Å². The van der Waals surface area contributed by atoms with Gasteiger partial charge in [-0.05, 0) is 43.4 Å². The van der Waals surface area contributed by atoms with Crippen LogP contribution in [0.15, 0.2) is 36.4 Å². The molecule has 0 unspecified atom stereocenters. The van der Waals surface area contributed by atoms with E-state index in [-0.39, 0.29) is 10.6 Å². The van der Waals surface area contributed by atoms with Crippen molar-refractivity contribution in [2.24, 2.45) is 0 Å². The van der Waals surface area contributed by atoms with Gasteiger partial charge in [0.1, 0.15) is 0 Å². The van der Waals surface area contributed by atoms with Gasteiger partial charge in [-0.3, -0.25) is 10.1 Å². The van der Waals surface area contributed by atoms with Crippen LogP contribution in [0.4, 0.5) is 5.69 Å². The van der Waals surface area contributed by atoms with Gasteiger partial charge >= 0.3 is 0 Å². The summed E-state index contributed by atoms with van der Waals surface area (Å²) in [5.41, 5.74) is 1.15. The van der Waals surface area contributed by atoms with Gasteiger partial charge in [-0.2, -0.15) is 0 Å². The molecule has 0 atom stereocenters. The Morgan fingerprint density at radius 2 is 1.95 bits per heavy atom. The molecule has 0 saturated carbocycles. The van der Waals surface area contributed by atoms with Crippen molar-refractivity contribution in [2.45, 2.75) is 13.5 Å². The lowest BCUT2D eigenvalue weighted by Gasteiger charge is -2.13. The summed E-state index contributed by atoms with van der Waals surface area (Å²) in [6.45, 7) is 6.07. The third kappa shape index (κ3) is 4.62. The minimum Gasteiger partial charge on any atom is -0.311 e. The second-order valence-electron chi connectivity index (χ2n) is 5.14. The van der Waals surface area contributed by atoms with Crippen LogP contribution in [0.1, 0.15) is 11.8 Å². The quantitative estimate of drug-likeness (QED) is 0.460. The van der Waals surface area contributed by atoms with Crippen molar-refractivity contribution in [1.29, 1.82) is 0 Å². The van der Waals surface area contributed by atoms with E-state index in [9.17, 15) is 10.1 Å². The Labute approximate surface area is 134 Å². The second-order valence-corrected chi connectivity index (χ2v) is 6.31. The fraction of sp³-hybridized carbons (Fsp3) is 0.375. The summed E-state index contributed by atoms with van der Waals surface area (Å²) in [6, 6.07) is 10.9. The smallest absolute Gasteiger partial charge is 0.269 e. The normalized spacial score (nSPS) is 11.0. The number of nitrogens with zero attached hydrogens (tertiary/aromatic N) is 2. The van der Waals surface area contributed by atoms with Crippen molar-refractivity contribution in [3.05, 3.63) is 51.4 Å². The van der Waals surface area contributed by atoms with Crippen molar-refractivity contribution in [2.75, 3.05) is 26.7 Å². The molecule has 0 bridgehead atoms. The molecule has 0 aliphatic carbocycles. The maximum Gasteiger partial charge on any atom is 0.269 e. The van der Waals surface area contributed by atoms with Gasteiger partial charge in [0.25, 0.3) is 5.69 Å². The highest BCUT2D eigenvalue weighted by Crippen LogP contribution is 2.29. The first-order chi connectivity index (χ1) is 10.6. The number of nitro groups is 1. The van der Waals surface area contributed by atoms with Gasteiger partial charge in [-0.25, -0.2) is 0 Å². The summed E-state index contributed by atoms with van der Waals surface area (Å²) in [5.74, 6) is 0. The molecular formula is C16H21N3O2S. The predicted molar refractivity (Wildman–Crippen MR) is 91.3 cm³/mol. The van der Waals surface area contributed by atoms with Crippen molar-refractivity contribution in [3.63, 3.8) is 0 Å². The number of nitrogens with one attached hydrogen (secondary N) is 1. The minimum absolute atomic E-state index is 0.127. The van der Waals surface area contributed by atoms with E-state index in [4.69, 9.17) is 0 Å². The molecule has 6 heteroatoms. The molecule has 0 amide bonds. The molecule has 1 aromatic carbocycles. The molecule has 1 heterocycles. The van der Waals surface area contributed by atoms with Crippen molar-refractivity contribution < 1.29 is 4.92 Å². The average molecular weight is 319 g/mol. The number of hydrogen-bond acceptors (Lipinski definition) is 5. The summed E-state index contributed by atoms with van der Waals surface area (Å²) in [4.78, 5) is 15.0. The van der Waals surface area contributed by atoms with E-state index in [0.717, 1.165) is 36.6 Å². The number of hydrogen-bond donors (Lipinski definition) is 1. The molecule has 0 aliphatic heterocycles. The zero-order chi connectivity index (χ0) is 15.9. The van der Waals surface area contributed by atoms with Crippen LogP contribution in [0.2, 0.25) is 0 Å². The monoisotopic (exact) mass is 319 g/mol. The number of thiophene rings is 1. The largest absolute Gasteiger partial charge is 0.311 e. The second kappa shape index (κ2) is 8.03. The van der Waals surface area contributed by atoms with Crippen LogP contribution in [0.5, 0.6) is 0 Å². The zero-order valence-electron chi connectivity index (χ0n) is 12.9. The Balaban J connectivity index is 1.89. The molecule has 1 aromatic heterocycles. The molecule has 22 heavy (non-hydrogen) atoms. The fourth-order valence-electron chi connectivity index (χ4n) is 2.02. The van der Waals surface area contributed by atoms with Crippen LogP contribution in [-0.2, 0) is 6.54 Å². The highest BCUT2D eigenvalue weighted by atomic mass is 32.1. The van der Waals surface area contributed by atoms with Gasteiger partial charge in [0.05, 0.1) is 4.92 Å². The van der Waals surface area contributed by atoms with Gasteiger partial charge in [0.2, 0.25) is 0 Å². The van der Waals surface area contributed by atoms with E-state index in [1.54, 1.807) is 35.6 Å². The zero-order valence-corrected chi connectivity index (χ0v) is 13.7. The van der Waals surface area contributed by atoms with Crippen LogP contribution >= 0.6 is 11.3 Å². The number of nitro benzene ring substituents is 1. The van der Waals surface area contributed by atoms with Gasteiger partial charge in [-0.15, -0.1) is 11.3 Å². The van der Waals surface area contributed by atoms with Crippen molar-refractivity contribution >= 4 is 17.0 Å². The third-order valence-electron chi connectivity index (χ3n) is 3.53. The van der Waals surface area contributed by atoms with E-state index in [1.165, 1.54) is 4.88 Å². The van der Waals surface area contributed by atoms with Crippen LogP contribution in [0.3, 0.4) is 0 Å². The van der Waals surface area contributed by atoms with Gasteiger partial charge < -0.3 is 10.2 Å². The Morgan fingerprint density at radius 1 is 1.23 bits per heavy atom. The highest BCUT2D eigenvalue weighted by Gasteiger charge is 2.07. The molecule has 0 spiro atoms. The maximum atomic E-state index is 10.7. The molecule has 2 rings (SSSR count). The van der Waals surface area contributed by atoms with Gasteiger partial charge in [-0.1, -0.05) is 6.92 Å². The molecular weight excluding hydrogens is 298 g/mol. The number of rotatable bonds is 8. The average Bonchev–Trinajstić information content (AvgIpc) is 3.00. The number of non-ortho nitro benzene ring substituents is 1. The topological polar surface area (TPSA) is 58.4 Å². The van der Waals surface area contributed by atoms with Crippen molar-refractivity contribution in [3.8, 4) is 10.4 Å². The lowest BCUT2D eigenvalue weighted by molar-refractivity contribution is -0.384. The fourth-order valence-corrected chi connectivity index (χ4v) is 3.00. The molecule has 0 radical (unpaired) electrons. The lowest BCUT2D eigenvalue weighted by Crippen LogP contribution is -2.28. The molecule has 2 aromatic rings. The van der Waals surface area contributed by atoms with Crippen LogP contribution in [0.25, 0.3) is 10.4 Å². The minimum atomic E-state index is -0.374. The first-order valence-corrected chi connectivity index (χ1v) is 8.14. The van der Waals surface area contributed by atoms with E-state index in [0.29, 0.717) is 0 Å². The first kappa shape index (κ1) is 16.6. The summed E-state index contributed by atoms with van der Waals surface area (Å²) in [6.07, 6.45) is 0. The number of benzene rings is 1. The van der Waals surface area contributed by atoms with E-state index in [1.807, 2.05) is 0 Å². The third-order valence-corrected chi connectivity index (χ3v) is 4.67. The molecule has 0 fully saturated rings. The molecule has 5 nitrogen and oxygen atoms in total. The van der Waals surface area contributed by atoms with Gasteiger partial charge in [0.15, 0.2) is 0 Å². The van der Waals surface area contributed by atoms with Crippen LogP contribution < -0.4 is 5.32 Å². The first-order valence-electron chi connectivity index (χ1n) is 7.33. The maximum absolute atomic E-state index is 10.7. The molecule has 0 saturated heterocycles. The van der Waals surface area contributed by atoms with Gasteiger partial charge in [0, 0.05) is 41.5 Å². The van der Waals surface area contributed by atoms with Crippen LogP contribution in [0, 0.1) is 10.1 Å². The predicted octanol–water partition coefficient (Wildman–Crippen LogP) is 3.36. The standard InChI is InChI=1S/C16H21N3O2S/c1-3-18(2)11-10-17-12-15-8-9-16(22-15)13-4-6-14(7-5-13)19(20)21/h4-9,17H,3,10-12H2,1-2H3. The Hall–Kier alpha value is -1.76. The Kier molecular flexibility index (Phi) is 6.06. The molecule has 0 aliphatic rings. The Morgan fingerprint density at radius 3 is 2.59 bits per heavy atom. The summed E-state index contributed by atoms with van der Waals surface area (Å²) >= 11 is 1.72. The lowest BCUT2D eigenvalue weighted by atomic mass is 10.2. The van der Waals surface area contributed by atoms with E-state index >= 15 is 0 Å². The molecule has 1 N–H and O–H groups in total. The molecule has 118 valence electrons. The number of likely N-dealkylation sites (N-methyl/N-ethyl adjacent to an activating group) is 1. The van der Waals surface area contributed by atoms with Crippen molar-refractivity contribution in [1.82, 2.24) is 10.2 Å². The van der Waals surface area contributed by atoms with Crippen LogP contribution in [-0.4, -0.2) is 36.5 Å². The Bertz CT molecular complexity index is 610. The summed E-state index contributed by atoms with van der Waals surface area (Å²) in [7, 11) is 2.11. The summed E-state index contributed by atoms with van der Waals surface area (Å²) in [5, 5.41) is 14.1. The highest BCUT2D eigenvalue weighted by molar-refractivity contribution is 7.15.